The first-order valence-corrected chi connectivity index (χ1v) is 10.3. The normalized spacial score (nSPS) is 11.9. The number of hydrogen-bond acceptors (Lipinski definition) is 4. The fourth-order valence-corrected chi connectivity index (χ4v) is 3.15. The summed E-state index contributed by atoms with van der Waals surface area (Å²) in [7, 11) is 0. The number of amides is 2. The fraction of sp³-hybridized carbons (Fsp3) is 0.125. The number of carbonyl (C=O) groups is 3. The summed E-state index contributed by atoms with van der Waals surface area (Å²) < 4.78 is 45.4. The second kappa shape index (κ2) is 10.8. The van der Waals surface area contributed by atoms with E-state index in [1.54, 1.807) is 48.5 Å². The van der Waals surface area contributed by atoms with Crippen LogP contribution in [0.1, 0.15) is 27.6 Å². The lowest BCUT2D eigenvalue weighted by molar-refractivity contribution is -0.153. The second-order valence-electron chi connectivity index (χ2n) is 7.01. The molecule has 3 aromatic carbocycles. The summed E-state index contributed by atoms with van der Waals surface area (Å²) in [5.41, 5.74) is -1.15. The lowest BCUT2D eigenvalue weighted by Crippen LogP contribution is -2.33. The molecule has 0 fully saturated rings. The molecule has 0 spiro atoms. The van der Waals surface area contributed by atoms with E-state index >= 15 is 0 Å². The van der Waals surface area contributed by atoms with Crippen molar-refractivity contribution < 1.29 is 32.3 Å². The standard InChI is InChI=1S/C24H18ClF3N2O4/c25-17-11-12-19(18(13-17)24(26,27)28)30-23(33)21(15-7-3-1-4-8-15)34-20(31)14-29-22(32)16-9-5-2-6-10-16/h1-13,21H,14H2,(H,29,32)(H,30,33)/t21-/m0/s1. The molecule has 3 rings (SSSR count). The molecule has 0 aliphatic heterocycles. The summed E-state index contributed by atoms with van der Waals surface area (Å²) in [5.74, 6) is -2.50. The van der Waals surface area contributed by atoms with E-state index in [0.717, 1.165) is 6.07 Å². The highest BCUT2D eigenvalue weighted by atomic mass is 35.5. The van der Waals surface area contributed by atoms with Gasteiger partial charge in [0.15, 0.2) is 0 Å². The number of carbonyl (C=O) groups excluding carboxylic acids is 3. The maximum absolute atomic E-state index is 13.4. The topological polar surface area (TPSA) is 84.5 Å². The van der Waals surface area contributed by atoms with Gasteiger partial charge in [0.2, 0.25) is 6.10 Å². The van der Waals surface area contributed by atoms with Crippen molar-refractivity contribution in [3.8, 4) is 0 Å². The number of alkyl halides is 3. The Morgan fingerprint density at radius 3 is 2.15 bits per heavy atom. The van der Waals surface area contributed by atoms with E-state index in [9.17, 15) is 27.6 Å². The highest BCUT2D eigenvalue weighted by molar-refractivity contribution is 6.30. The Labute approximate surface area is 197 Å². The Morgan fingerprint density at radius 1 is 0.912 bits per heavy atom. The summed E-state index contributed by atoms with van der Waals surface area (Å²) in [6, 6.07) is 18.7. The third-order valence-electron chi connectivity index (χ3n) is 4.56. The van der Waals surface area contributed by atoms with Gasteiger partial charge in [-0.3, -0.25) is 14.4 Å². The van der Waals surface area contributed by atoms with E-state index < -0.39 is 47.9 Å². The summed E-state index contributed by atoms with van der Waals surface area (Å²) in [4.78, 5) is 37.4. The molecular formula is C24H18ClF3N2O4. The van der Waals surface area contributed by atoms with E-state index in [-0.39, 0.29) is 10.6 Å². The lowest BCUT2D eigenvalue weighted by Gasteiger charge is -2.20. The number of ether oxygens (including phenoxy) is 1. The van der Waals surface area contributed by atoms with Crippen molar-refractivity contribution in [1.82, 2.24) is 5.32 Å². The Bertz CT molecular complexity index is 1170. The second-order valence-corrected chi connectivity index (χ2v) is 7.44. The van der Waals surface area contributed by atoms with Gasteiger partial charge in [0.1, 0.15) is 6.54 Å². The first-order valence-electron chi connectivity index (χ1n) is 9.90. The van der Waals surface area contributed by atoms with Gasteiger partial charge < -0.3 is 15.4 Å². The maximum Gasteiger partial charge on any atom is 0.418 e. The molecule has 0 unspecified atom stereocenters. The largest absolute Gasteiger partial charge is 0.446 e. The zero-order chi connectivity index (χ0) is 24.7. The van der Waals surface area contributed by atoms with Crippen LogP contribution in [-0.4, -0.2) is 24.3 Å². The van der Waals surface area contributed by atoms with Gasteiger partial charge in [-0.15, -0.1) is 0 Å². The van der Waals surface area contributed by atoms with Crippen LogP contribution in [0.15, 0.2) is 78.9 Å². The van der Waals surface area contributed by atoms with Crippen LogP contribution in [-0.2, 0) is 20.5 Å². The van der Waals surface area contributed by atoms with E-state index in [1.807, 2.05) is 0 Å². The molecule has 0 aliphatic carbocycles. The SMILES string of the molecule is O=C(CNC(=O)c1ccccc1)O[C@H](C(=O)Nc1ccc(Cl)cc1C(F)(F)F)c1ccccc1. The molecular weight excluding hydrogens is 473 g/mol. The molecule has 0 aliphatic rings. The maximum atomic E-state index is 13.4. The molecule has 176 valence electrons. The molecule has 0 aromatic heterocycles. The van der Waals surface area contributed by atoms with Crippen LogP contribution < -0.4 is 10.6 Å². The quantitative estimate of drug-likeness (QED) is 0.456. The van der Waals surface area contributed by atoms with E-state index in [4.69, 9.17) is 16.3 Å². The van der Waals surface area contributed by atoms with E-state index in [2.05, 4.69) is 10.6 Å². The molecule has 34 heavy (non-hydrogen) atoms. The summed E-state index contributed by atoms with van der Waals surface area (Å²) in [6.45, 7) is -0.556. The third-order valence-corrected chi connectivity index (χ3v) is 4.80. The van der Waals surface area contributed by atoms with E-state index in [0.29, 0.717) is 11.6 Å². The Morgan fingerprint density at radius 2 is 1.53 bits per heavy atom. The fourth-order valence-electron chi connectivity index (χ4n) is 2.98. The minimum absolute atomic E-state index is 0.162. The molecule has 0 heterocycles. The zero-order valence-electron chi connectivity index (χ0n) is 17.4. The first kappa shape index (κ1) is 24.8. The summed E-state index contributed by atoms with van der Waals surface area (Å²) in [5, 5.41) is 4.37. The van der Waals surface area contributed by atoms with Gasteiger partial charge in [-0.25, -0.2) is 0 Å². The number of esters is 1. The number of anilines is 1. The van der Waals surface area contributed by atoms with E-state index in [1.165, 1.54) is 18.2 Å². The van der Waals surface area contributed by atoms with Crippen molar-refractivity contribution in [1.29, 1.82) is 0 Å². The number of nitrogens with one attached hydrogen (secondary N) is 2. The van der Waals surface area contributed by atoms with Crippen molar-refractivity contribution in [2.45, 2.75) is 12.3 Å². The molecule has 6 nitrogen and oxygen atoms in total. The molecule has 0 saturated carbocycles. The Balaban J connectivity index is 1.76. The predicted molar refractivity (Wildman–Crippen MR) is 119 cm³/mol. The van der Waals surface area contributed by atoms with Crippen LogP contribution in [0.3, 0.4) is 0 Å². The minimum atomic E-state index is -4.78. The molecule has 10 heteroatoms. The molecule has 0 radical (unpaired) electrons. The van der Waals surface area contributed by atoms with Crippen molar-refractivity contribution in [2.75, 3.05) is 11.9 Å². The van der Waals surface area contributed by atoms with Gasteiger partial charge in [-0.2, -0.15) is 13.2 Å². The molecule has 2 N–H and O–H groups in total. The van der Waals surface area contributed by atoms with Crippen molar-refractivity contribution in [3.63, 3.8) is 0 Å². The summed E-state index contributed by atoms with van der Waals surface area (Å²) in [6.07, 6.45) is -6.35. The molecule has 0 bridgehead atoms. The molecule has 0 saturated heterocycles. The lowest BCUT2D eigenvalue weighted by atomic mass is 10.1. The number of rotatable bonds is 7. The van der Waals surface area contributed by atoms with Gasteiger partial charge >= 0.3 is 12.1 Å². The third kappa shape index (κ3) is 6.58. The zero-order valence-corrected chi connectivity index (χ0v) is 18.2. The summed E-state index contributed by atoms with van der Waals surface area (Å²) >= 11 is 5.67. The number of hydrogen-bond donors (Lipinski definition) is 2. The van der Waals surface area contributed by atoms with Gasteiger partial charge in [0, 0.05) is 16.1 Å². The highest BCUT2D eigenvalue weighted by Gasteiger charge is 2.35. The van der Waals surface area contributed by atoms with Crippen LogP contribution >= 0.6 is 11.6 Å². The average Bonchev–Trinajstić information content (AvgIpc) is 2.82. The van der Waals surface area contributed by atoms with Gasteiger partial charge in [-0.1, -0.05) is 60.1 Å². The number of halogens is 4. The predicted octanol–water partition coefficient (Wildman–Crippen LogP) is 5.01. The molecule has 3 aromatic rings. The van der Waals surface area contributed by atoms with Gasteiger partial charge in [-0.05, 0) is 30.3 Å². The Kier molecular flexibility index (Phi) is 7.91. The molecule has 1 atom stereocenters. The first-order chi connectivity index (χ1) is 16.1. The van der Waals surface area contributed by atoms with Crippen molar-refractivity contribution >= 4 is 35.1 Å². The Hall–Kier alpha value is -3.85. The van der Waals surface area contributed by atoms with Crippen LogP contribution in [0.4, 0.5) is 18.9 Å². The van der Waals surface area contributed by atoms with Crippen LogP contribution in [0, 0.1) is 0 Å². The van der Waals surface area contributed by atoms with Crippen LogP contribution in [0.5, 0.6) is 0 Å². The van der Waals surface area contributed by atoms with Crippen LogP contribution in [0.25, 0.3) is 0 Å². The van der Waals surface area contributed by atoms with Crippen LogP contribution in [0.2, 0.25) is 5.02 Å². The molecule has 2 amide bonds. The smallest absolute Gasteiger partial charge is 0.418 e. The van der Waals surface area contributed by atoms with Crippen molar-refractivity contribution in [2.24, 2.45) is 0 Å². The van der Waals surface area contributed by atoms with Gasteiger partial charge in [0.25, 0.3) is 11.8 Å². The monoisotopic (exact) mass is 490 g/mol. The van der Waals surface area contributed by atoms with Gasteiger partial charge in [0.05, 0.1) is 11.3 Å². The highest BCUT2D eigenvalue weighted by Crippen LogP contribution is 2.37. The average molecular weight is 491 g/mol. The van der Waals surface area contributed by atoms with Crippen molar-refractivity contribution in [3.05, 3.63) is 101 Å². The minimum Gasteiger partial charge on any atom is -0.446 e. The number of benzene rings is 3.